The molecule has 1 amide bonds. The summed E-state index contributed by atoms with van der Waals surface area (Å²) in [7, 11) is -0.470. The van der Waals surface area contributed by atoms with E-state index in [1.54, 1.807) is 24.3 Å². The number of nitrogens with zero attached hydrogens (tertiary/aromatic N) is 1. The molecule has 0 spiro atoms. The number of carbonyl (C=O) groups is 1. The first-order valence-corrected chi connectivity index (χ1v) is 13.2. The first kappa shape index (κ1) is 28.4. The number of hydrogen-bond donors (Lipinski definition) is 2. The molecule has 3 N–H and O–H groups in total. The van der Waals surface area contributed by atoms with E-state index in [1.165, 1.54) is 18.2 Å². The van der Waals surface area contributed by atoms with Gasteiger partial charge < -0.3 is 34.0 Å². The second kappa shape index (κ2) is 14.0. The van der Waals surface area contributed by atoms with Crippen LogP contribution in [0.1, 0.15) is 10.6 Å². The molecule has 0 saturated carbocycles. The van der Waals surface area contributed by atoms with Crippen LogP contribution in [0.15, 0.2) is 57.8 Å². The van der Waals surface area contributed by atoms with Gasteiger partial charge >= 0.3 is 5.91 Å². The fourth-order valence-corrected chi connectivity index (χ4v) is 4.37. The molecular formula is C25H33N3O8S. The molecule has 0 atom stereocenters. The van der Waals surface area contributed by atoms with E-state index >= 15 is 0 Å². The number of nitrogens with one attached hydrogen (secondary N) is 1. The van der Waals surface area contributed by atoms with Crippen molar-refractivity contribution in [3.63, 3.8) is 0 Å². The third-order valence-corrected chi connectivity index (χ3v) is 6.47. The summed E-state index contributed by atoms with van der Waals surface area (Å²) in [5.41, 5.74) is 6.69. The van der Waals surface area contributed by atoms with Crippen molar-refractivity contribution in [1.29, 1.82) is 0 Å². The lowest BCUT2D eigenvalue weighted by atomic mass is 10.2. The van der Waals surface area contributed by atoms with Gasteiger partial charge in [0, 0.05) is 37.8 Å². The molecule has 0 unspecified atom stereocenters. The average molecular weight is 536 g/mol. The normalized spacial score (nSPS) is 11.5. The van der Waals surface area contributed by atoms with E-state index in [4.69, 9.17) is 29.1 Å². The molecule has 3 aromatic rings. The van der Waals surface area contributed by atoms with E-state index in [0.29, 0.717) is 50.5 Å². The zero-order chi connectivity index (χ0) is 26.7. The number of ether oxygens (including phenoxy) is 4. The van der Waals surface area contributed by atoms with Crippen LogP contribution in [0.3, 0.4) is 0 Å². The predicted molar refractivity (Wildman–Crippen MR) is 139 cm³/mol. The van der Waals surface area contributed by atoms with Crippen molar-refractivity contribution in [3.05, 3.63) is 54.3 Å². The molecular weight excluding hydrogens is 502 g/mol. The van der Waals surface area contributed by atoms with Gasteiger partial charge in [-0.2, -0.15) is 0 Å². The third kappa shape index (κ3) is 8.44. The second-order valence-corrected chi connectivity index (χ2v) is 9.73. The fourth-order valence-electron chi connectivity index (χ4n) is 3.26. The van der Waals surface area contributed by atoms with Crippen LogP contribution < -0.4 is 20.1 Å². The highest BCUT2D eigenvalue weighted by molar-refractivity contribution is 7.90. The zero-order valence-electron chi connectivity index (χ0n) is 21.0. The molecule has 1 aromatic heterocycles. The van der Waals surface area contributed by atoms with Crippen molar-refractivity contribution in [2.75, 3.05) is 71.8 Å². The lowest BCUT2D eigenvalue weighted by Crippen LogP contribution is -2.30. The standard InChI is InChI=1S/C25H33N3O8S/c1-28(2)20-8-7-19-17-23(36-22(19)18-20)25(29)27-37(30,31)24-6-4-3-5-21(24)35-16-15-34-14-13-33-12-11-32-10-9-26/h3-8,17-18H,9-16,26H2,1-2H3,(H,27,29). The monoisotopic (exact) mass is 535 g/mol. The Labute approximate surface area is 216 Å². The van der Waals surface area contributed by atoms with Gasteiger partial charge in [0.25, 0.3) is 10.0 Å². The maximum absolute atomic E-state index is 13.0. The highest BCUT2D eigenvalue weighted by Gasteiger charge is 2.24. The minimum absolute atomic E-state index is 0.0972. The number of anilines is 1. The maximum atomic E-state index is 13.0. The number of para-hydroxylation sites is 1. The molecule has 0 radical (unpaired) electrons. The summed E-state index contributed by atoms with van der Waals surface area (Å²) in [4.78, 5) is 14.4. The van der Waals surface area contributed by atoms with Crippen molar-refractivity contribution >= 4 is 32.6 Å². The number of sulfonamides is 1. The van der Waals surface area contributed by atoms with Gasteiger partial charge in [-0.3, -0.25) is 4.79 Å². The molecule has 0 fully saturated rings. The number of nitrogens with two attached hydrogens (primary N) is 1. The van der Waals surface area contributed by atoms with Crippen LogP contribution >= 0.6 is 0 Å². The summed E-state index contributed by atoms with van der Waals surface area (Å²) in [6, 6.07) is 13.0. The smallest absolute Gasteiger partial charge is 0.300 e. The number of furan rings is 1. The molecule has 37 heavy (non-hydrogen) atoms. The van der Waals surface area contributed by atoms with Gasteiger partial charge in [0.2, 0.25) is 0 Å². The van der Waals surface area contributed by atoms with Crippen molar-refractivity contribution in [2.24, 2.45) is 5.73 Å². The van der Waals surface area contributed by atoms with Crippen molar-refractivity contribution < 1.29 is 36.6 Å². The van der Waals surface area contributed by atoms with E-state index in [0.717, 1.165) is 5.69 Å². The molecule has 0 aliphatic heterocycles. The Morgan fingerprint density at radius 2 is 1.57 bits per heavy atom. The Bertz CT molecular complexity index is 1260. The van der Waals surface area contributed by atoms with Crippen molar-refractivity contribution in [1.82, 2.24) is 4.72 Å². The van der Waals surface area contributed by atoms with Crippen LogP contribution in [-0.2, 0) is 24.2 Å². The maximum Gasteiger partial charge on any atom is 0.300 e. The number of amides is 1. The van der Waals surface area contributed by atoms with Gasteiger partial charge in [-0.25, -0.2) is 13.1 Å². The van der Waals surface area contributed by atoms with Gasteiger partial charge in [-0.1, -0.05) is 12.1 Å². The van der Waals surface area contributed by atoms with E-state index in [-0.39, 0.29) is 29.6 Å². The molecule has 2 aromatic carbocycles. The summed E-state index contributed by atoms with van der Waals surface area (Å²) in [6.07, 6.45) is 0. The number of fused-ring (bicyclic) bond motifs is 1. The van der Waals surface area contributed by atoms with E-state index in [2.05, 4.69) is 4.72 Å². The number of carbonyl (C=O) groups excluding carboxylic acids is 1. The summed E-state index contributed by atoms with van der Waals surface area (Å²) in [6.45, 7) is 2.96. The molecule has 0 aliphatic rings. The largest absolute Gasteiger partial charge is 0.490 e. The fraction of sp³-hybridized carbons (Fsp3) is 0.400. The summed E-state index contributed by atoms with van der Waals surface area (Å²) in [5.74, 6) is -0.899. The van der Waals surface area contributed by atoms with Crippen molar-refractivity contribution in [2.45, 2.75) is 4.90 Å². The second-order valence-electron chi connectivity index (χ2n) is 8.08. The molecule has 0 bridgehead atoms. The first-order chi connectivity index (χ1) is 17.8. The highest BCUT2D eigenvalue weighted by Crippen LogP contribution is 2.26. The SMILES string of the molecule is CN(C)c1ccc2cc(C(=O)NS(=O)(=O)c3ccccc3OCCOCCOCCOCCN)oc2c1. The van der Waals surface area contributed by atoms with Crippen molar-refractivity contribution in [3.8, 4) is 5.75 Å². The molecule has 0 saturated heterocycles. The van der Waals surface area contributed by atoms with Gasteiger partial charge in [0.1, 0.15) is 22.8 Å². The van der Waals surface area contributed by atoms with Gasteiger partial charge in [-0.05, 0) is 30.3 Å². The Kier molecular flexibility index (Phi) is 10.7. The molecule has 0 aliphatic carbocycles. The van der Waals surface area contributed by atoms with Crippen LogP contribution in [0.4, 0.5) is 5.69 Å². The number of rotatable bonds is 16. The summed E-state index contributed by atoms with van der Waals surface area (Å²) < 4.78 is 55.2. The number of hydrogen-bond acceptors (Lipinski definition) is 10. The Morgan fingerprint density at radius 1 is 0.919 bits per heavy atom. The van der Waals surface area contributed by atoms with E-state index in [1.807, 2.05) is 25.1 Å². The van der Waals surface area contributed by atoms with Crippen LogP contribution in [0, 0.1) is 0 Å². The van der Waals surface area contributed by atoms with Gasteiger partial charge in [0.15, 0.2) is 5.76 Å². The highest BCUT2D eigenvalue weighted by atomic mass is 32.2. The van der Waals surface area contributed by atoms with Crippen LogP contribution in [0.2, 0.25) is 0 Å². The predicted octanol–water partition coefficient (Wildman–Crippen LogP) is 2.00. The topological polar surface area (TPSA) is 143 Å². The van der Waals surface area contributed by atoms with E-state index in [9.17, 15) is 13.2 Å². The lowest BCUT2D eigenvalue weighted by molar-refractivity contribution is 0.0104. The van der Waals surface area contributed by atoms with Crippen LogP contribution in [0.5, 0.6) is 5.75 Å². The number of benzene rings is 2. The molecule has 12 heteroatoms. The van der Waals surface area contributed by atoms with Crippen LogP contribution in [-0.4, -0.2) is 81.2 Å². The van der Waals surface area contributed by atoms with E-state index < -0.39 is 15.9 Å². The van der Waals surface area contributed by atoms with Gasteiger partial charge in [0.05, 0.1) is 39.6 Å². The van der Waals surface area contributed by atoms with Gasteiger partial charge in [-0.15, -0.1) is 0 Å². The molecule has 202 valence electrons. The quantitative estimate of drug-likeness (QED) is 0.262. The third-order valence-electron chi connectivity index (χ3n) is 5.10. The minimum atomic E-state index is -4.24. The molecule has 11 nitrogen and oxygen atoms in total. The molecule has 1 heterocycles. The van der Waals surface area contributed by atoms with Crippen LogP contribution in [0.25, 0.3) is 11.0 Å². The zero-order valence-corrected chi connectivity index (χ0v) is 21.8. The first-order valence-electron chi connectivity index (χ1n) is 11.7. The Hall–Kier alpha value is -3.16. The summed E-state index contributed by atoms with van der Waals surface area (Å²) >= 11 is 0. The minimum Gasteiger partial charge on any atom is -0.490 e. The average Bonchev–Trinajstić information content (AvgIpc) is 3.31. The Morgan fingerprint density at radius 3 is 2.24 bits per heavy atom. The Balaban J connectivity index is 1.52. The lowest BCUT2D eigenvalue weighted by Gasteiger charge is -2.12. The summed E-state index contributed by atoms with van der Waals surface area (Å²) in [5, 5.41) is 0.683. The molecule has 3 rings (SSSR count).